The van der Waals surface area contributed by atoms with Gasteiger partial charge < -0.3 is 34.4 Å². The van der Waals surface area contributed by atoms with Crippen LogP contribution in [-0.4, -0.2) is 101 Å². The van der Waals surface area contributed by atoms with Crippen molar-refractivity contribution < 1.29 is 38.5 Å². The van der Waals surface area contributed by atoms with E-state index in [2.05, 4.69) is 26.1 Å². The third-order valence-corrected chi connectivity index (χ3v) is 9.94. The second kappa shape index (κ2) is 13.8. The molecule has 2 fully saturated rings. The Bertz CT molecular complexity index is 1440. The van der Waals surface area contributed by atoms with Gasteiger partial charge in [0.1, 0.15) is 23.7 Å². The molecule has 1 aromatic carbocycles. The molecule has 2 N–H and O–H groups in total. The molecule has 262 valence electrons. The molecule has 0 aliphatic carbocycles. The zero-order valence-corrected chi connectivity index (χ0v) is 29.2. The third kappa shape index (κ3) is 6.69. The Balaban J connectivity index is 1.63. The van der Waals surface area contributed by atoms with E-state index in [0.717, 1.165) is 0 Å². The lowest BCUT2D eigenvalue weighted by Gasteiger charge is -2.46. The highest BCUT2D eigenvalue weighted by atomic mass is 16.6. The Morgan fingerprint density at radius 1 is 1.06 bits per heavy atom. The smallest absolute Gasteiger partial charge is 0.313 e. The number of methoxy groups -OCH3 is 1. The topological polar surface area (TPSA) is 135 Å². The molecular weight excluding hydrogens is 614 g/mol. The van der Waals surface area contributed by atoms with Gasteiger partial charge in [-0.15, -0.1) is 0 Å². The molecule has 1 spiro atoms. The lowest BCUT2D eigenvalue weighted by atomic mass is 9.74. The van der Waals surface area contributed by atoms with Gasteiger partial charge in [-0.25, -0.2) is 0 Å². The number of cyclic esters (lactones) is 1. The Kier molecular flexibility index (Phi) is 10.3. The van der Waals surface area contributed by atoms with E-state index in [1.165, 1.54) is 12.0 Å². The van der Waals surface area contributed by atoms with Gasteiger partial charge in [0.05, 0.1) is 37.3 Å². The number of aliphatic hydroxyl groups is 1. The summed E-state index contributed by atoms with van der Waals surface area (Å²) in [4.78, 5) is 60.3. The minimum absolute atomic E-state index is 0.0708. The van der Waals surface area contributed by atoms with Crippen molar-refractivity contribution in [2.75, 3.05) is 26.9 Å². The van der Waals surface area contributed by atoms with Crippen molar-refractivity contribution in [2.45, 2.75) is 102 Å². The molecule has 0 radical (unpaired) electrons. The van der Waals surface area contributed by atoms with E-state index in [4.69, 9.17) is 14.2 Å². The third-order valence-electron chi connectivity index (χ3n) is 9.94. The first-order valence-electron chi connectivity index (χ1n) is 17.0. The number of benzene rings is 1. The zero-order chi connectivity index (χ0) is 35.0. The summed E-state index contributed by atoms with van der Waals surface area (Å²) < 4.78 is 18.3. The maximum Gasteiger partial charge on any atom is 0.313 e. The molecule has 2 saturated heterocycles. The fourth-order valence-electron chi connectivity index (χ4n) is 8.30. The number of nitrogens with zero attached hydrogens (tertiary/aromatic N) is 2. The van der Waals surface area contributed by atoms with Crippen LogP contribution in [0.5, 0.6) is 0 Å². The normalized spacial score (nSPS) is 32.7. The van der Waals surface area contributed by atoms with Crippen LogP contribution in [0, 0.1) is 17.3 Å². The van der Waals surface area contributed by atoms with E-state index in [0.29, 0.717) is 18.4 Å². The van der Waals surface area contributed by atoms with E-state index in [9.17, 15) is 19.5 Å². The van der Waals surface area contributed by atoms with Crippen LogP contribution in [0.1, 0.15) is 72.5 Å². The quantitative estimate of drug-likeness (QED) is 0.335. The number of amides is 3. The van der Waals surface area contributed by atoms with Crippen molar-refractivity contribution in [1.29, 1.82) is 0 Å². The fraction of sp³-hybridized carbons (Fsp3) is 0.622. The summed E-state index contributed by atoms with van der Waals surface area (Å²) in [7, 11) is 1.51. The van der Waals surface area contributed by atoms with Crippen molar-refractivity contribution in [3.63, 3.8) is 0 Å². The highest BCUT2D eigenvalue weighted by Crippen LogP contribution is 2.56. The van der Waals surface area contributed by atoms with Gasteiger partial charge in [0, 0.05) is 25.6 Å². The molecule has 4 aliphatic heterocycles. The predicted molar refractivity (Wildman–Crippen MR) is 178 cm³/mol. The minimum Gasteiger partial charge on any atom is -0.455 e. The van der Waals surface area contributed by atoms with Gasteiger partial charge in [-0.3, -0.25) is 19.2 Å². The van der Waals surface area contributed by atoms with E-state index in [1.807, 2.05) is 56.3 Å². The largest absolute Gasteiger partial charge is 0.455 e. The SMILES string of the molecule is COC[C@@H]1NC(=O)CC/C=C\CN(C(C)(C)CC(C)(C)C)C(=O)[C@H]2N([C@H](C)CO)C(=O)[C@@H]3[C@@H](C(=O)O[C@H]1c1ccccc1)[C@H]1C=C[C@]32O1. The number of aliphatic hydroxyl groups excluding tert-OH is 1. The van der Waals surface area contributed by atoms with Crippen LogP contribution in [-0.2, 0) is 33.4 Å². The number of hydrogen-bond acceptors (Lipinski definition) is 8. The van der Waals surface area contributed by atoms with E-state index in [-0.39, 0.29) is 43.4 Å². The lowest BCUT2D eigenvalue weighted by Crippen LogP contribution is -2.62. The van der Waals surface area contributed by atoms with Gasteiger partial charge in [0.25, 0.3) is 0 Å². The van der Waals surface area contributed by atoms with Crippen LogP contribution >= 0.6 is 0 Å². The molecule has 3 amide bonds. The molecule has 11 heteroatoms. The monoisotopic (exact) mass is 665 g/mol. The van der Waals surface area contributed by atoms with Crippen LogP contribution in [0.2, 0.25) is 0 Å². The summed E-state index contributed by atoms with van der Waals surface area (Å²) in [6.07, 6.45) is 6.80. The van der Waals surface area contributed by atoms with Crippen LogP contribution in [0.15, 0.2) is 54.6 Å². The molecular formula is C37H51N3O8. The van der Waals surface area contributed by atoms with Gasteiger partial charge in [0.15, 0.2) is 0 Å². The number of allylic oxidation sites excluding steroid dienone is 1. The van der Waals surface area contributed by atoms with Gasteiger partial charge in [-0.05, 0) is 44.6 Å². The molecule has 0 aromatic heterocycles. The van der Waals surface area contributed by atoms with Crippen LogP contribution in [0.3, 0.4) is 0 Å². The minimum atomic E-state index is -1.43. The van der Waals surface area contributed by atoms with Crippen molar-refractivity contribution in [1.82, 2.24) is 15.1 Å². The molecule has 4 heterocycles. The first-order valence-corrected chi connectivity index (χ1v) is 17.0. The summed E-state index contributed by atoms with van der Waals surface area (Å²) in [5.41, 5.74) is -1.56. The number of esters is 1. The molecule has 5 bridgehead atoms. The molecule has 1 aromatic rings. The summed E-state index contributed by atoms with van der Waals surface area (Å²) in [6.45, 7) is 12.0. The Hall–Kier alpha value is -3.54. The highest BCUT2D eigenvalue weighted by molar-refractivity contribution is 5.99. The zero-order valence-electron chi connectivity index (χ0n) is 29.2. The molecule has 8 atom stereocenters. The number of likely N-dealkylation sites (tertiary alicyclic amines) is 1. The number of carbonyl (C=O) groups is 4. The van der Waals surface area contributed by atoms with Crippen LogP contribution < -0.4 is 5.32 Å². The first kappa shape index (κ1) is 35.8. The molecule has 11 nitrogen and oxygen atoms in total. The predicted octanol–water partition coefficient (Wildman–Crippen LogP) is 3.33. The highest BCUT2D eigenvalue weighted by Gasteiger charge is 2.74. The van der Waals surface area contributed by atoms with E-state index < -0.39 is 65.2 Å². The average molecular weight is 666 g/mol. The summed E-state index contributed by atoms with van der Waals surface area (Å²) >= 11 is 0. The number of nitrogens with one attached hydrogen (secondary N) is 1. The molecule has 4 aliphatic rings. The maximum atomic E-state index is 15.0. The summed E-state index contributed by atoms with van der Waals surface area (Å²) in [6, 6.07) is 6.55. The average Bonchev–Trinajstić information content (AvgIpc) is 3.66. The first-order chi connectivity index (χ1) is 22.6. The van der Waals surface area contributed by atoms with Crippen molar-refractivity contribution in [3.8, 4) is 0 Å². The molecule has 0 unspecified atom stereocenters. The fourth-order valence-corrected chi connectivity index (χ4v) is 8.30. The van der Waals surface area contributed by atoms with E-state index in [1.54, 1.807) is 24.0 Å². The van der Waals surface area contributed by atoms with Crippen molar-refractivity contribution in [2.24, 2.45) is 17.3 Å². The number of carbonyl (C=O) groups excluding carboxylic acids is 4. The molecule has 5 rings (SSSR count). The van der Waals surface area contributed by atoms with Gasteiger partial charge in [-0.1, -0.05) is 75.4 Å². The number of hydrogen-bond donors (Lipinski definition) is 2. The molecule has 48 heavy (non-hydrogen) atoms. The Morgan fingerprint density at radius 2 is 1.77 bits per heavy atom. The Morgan fingerprint density at radius 3 is 2.42 bits per heavy atom. The van der Waals surface area contributed by atoms with Gasteiger partial charge in [0.2, 0.25) is 17.7 Å². The van der Waals surface area contributed by atoms with Crippen molar-refractivity contribution in [3.05, 3.63) is 60.2 Å². The van der Waals surface area contributed by atoms with Crippen LogP contribution in [0.4, 0.5) is 0 Å². The summed E-state index contributed by atoms with van der Waals surface area (Å²) in [5, 5.41) is 13.3. The standard InChI is InChI=1S/C37H51N3O8/c1-23(20-41)40-31-33(44)39(36(5,6)22-35(2,3)4)19-13-9-12-16-27(42)38-25(21-46-7)30(24-14-10-8-11-15-24)47-34(45)28-26-17-18-37(31,48-26)29(28)32(40)43/h8-11,13-15,17-18,23,25-26,28-31,41H,12,16,19-22H2,1-7H3,(H,38,42)/b13-9-/t23-,25+,26-,28+,29+,30+,31-,37+/m1/s1. The van der Waals surface area contributed by atoms with Gasteiger partial charge >= 0.3 is 5.97 Å². The summed E-state index contributed by atoms with van der Waals surface area (Å²) in [5.74, 6) is -3.77. The van der Waals surface area contributed by atoms with Crippen LogP contribution in [0.25, 0.3) is 0 Å². The molecule has 0 saturated carbocycles. The van der Waals surface area contributed by atoms with E-state index >= 15 is 4.79 Å². The second-order valence-corrected chi connectivity index (χ2v) is 15.4. The number of ether oxygens (including phenoxy) is 3. The number of rotatable bonds is 7. The van der Waals surface area contributed by atoms with Crippen molar-refractivity contribution >= 4 is 23.7 Å². The number of fused-ring (bicyclic) bond motifs is 2. The van der Waals surface area contributed by atoms with Gasteiger partial charge in [-0.2, -0.15) is 0 Å². The second-order valence-electron chi connectivity index (χ2n) is 15.4. The lowest BCUT2D eigenvalue weighted by molar-refractivity contribution is -0.163. The maximum absolute atomic E-state index is 15.0. The Labute approximate surface area is 283 Å².